The Kier molecular flexibility index (Phi) is 3.89. The van der Waals surface area contributed by atoms with Crippen molar-refractivity contribution in [3.63, 3.8) is 0 Å². The van der Waals surface area contributed by atoms with Crippen LogP contribution in [0.3, 0.4) is 0 Å². The predicted octanol–water partition coefficient (Wildman–Crippen LogP) is 2.55. The average Bonchev–Trinajstić information content (AvgIpc) is 3.35. The molecule has 140 valence electrons. The molecule has 5 rings (SSSR count). The highest BCUT2D eigenvalue weighted by molar-refractivity contribution is 7.20. The van der Waals surface area contributed by atoms with Crippen LogP contribution in [0.5, 0.6) is 0 Å². The third kappa shape index (κ3) is 2.88. The van der Waals surface area contributed by atoms with Crippen molar-refractivity contribution in [2.45, 2.75) is 37.6 Å². The van der Waals surface area contributed by atoms with Crippen molar-refractivity contribution in [3.8, 4) is 0 Å². The second-order valence-corrected chi connectivity index (χ2v) is 8.45. The maximum atomic E-state index is 12.9. The number of carbonyl (C=O) groups is 1. The van der Waals surface area contributed by atoms with Crippen LogP contribution in [0.2, 0.25) is 0 Å². The summed E-state index contributed by atoms with van der Waals surface area (Å²) in [5.41, 5.74) is 0.864. The van der Waals surface area contributed by atoms with E-state index in [0.717, 1.165) is 41.7 Å². The van der Waals surface area contributed by atoms with Gasteiger partial charge in [-0.2, -0.15) is 5.10 Å². The Labute approximate surface area is 160 Å². The molecule has 0 spiro atoms. The van der Waals surface area contributed by atoms with Crippen LogP contribution in [-0.2, 0) is 7.05 Å². The number of likely N-dealkylation sites (tertiary alicyclic amines) is 1. The van der Waals surface area contributed by atoms with Crippen molar-refractivity contribution in [1.29, 1.82) is 0 Å². The number of fused-ring (bicyclic) bond motifs is 1. The van der Waals surface area contributed by atoms with Gasteiger partial charge in [-0.25, -0.2) is 14.5 Å². The van der Waals surface area contributed by atoms with Crippen LogP contribution in [0.15, 0.2) is 29.1 Å². The number of hydrogen-bond acceptors (Lipinski definition) is 5. The molecule has 0 unspecified atom stereocenters. The number of rotatable bonds is 3. The van der Waals surface area contributed by atoms with E-state index in [-0.39, 0.29) is 17.5 Å². The molecular weight excluding hydrogens is 362 g/mol. The van der Waals surface area contributed by atoms with Crippen molar-refractivity contribution in [3.05, 3.63) is 45.6 Å². The smallest absolute Gasteiger partial charge is 0.337 e. The van der Waals surface area contributed by atoms with Crippen molar-refractivity contribution < 1.29 is 4.79 Å². The summed E-state index contributed by atoms with van der Waals surface area (Å²) >= 11 is 1.45. The molecule has 7 nitrogen and oxygen atoms in total. The summed E-state index contributed by atoms with van der Waals surface area (Å²) in [5.74, 6) is 1.14. The first-order chi connectivity index (χ1) is 13.1. The number of hydrogen-bond donors (Lipinski definition) is 0. The third-order valence-corrected chi connectivity index (χ3v) is 6.54. The maximum absolute atomic E-state index is 12.9. The highest BCUT2D eigenvalue weighted by atomic mass is 32.1. The molecule has 3 heterocycles. The average molecular weight is 383 g/mol. The molecule has 1 aromatic carbocycles. The quantitative estimate of drug-likeness (QED) is 0.697. The molecule has 2 fully saturated rings. The summed E-state index contributed by atoms with van der Waals surface area (Å²) in [4.78, 5) is 31.6. The van der Waals surface area contributed by atoms with Gasteiger partial charge in [0, 0.05) is 32.1 Å². The van der Waals surface area contributed by atoms with Crippen LogP contribution in [0.25, 0.3) is 10.2 Å². The Balaban J connectivity index is 1.32. The Morgan fingerprint density at radius 3 is 2.59 bits per heavy atom. The zero-order valence-corrected chi connectivity index (χ0v) is 16.0. The number of thiazole rings is 1. The minimum Gasteiger partial charge on any atom is -0.337 e. The van der Waals surface area contributed by atoms with Crippen LogP contribution in [0.4, 0.5) is 0 Å². The molecule has 1 aliphatic carbocycles. The second-order valence-electron chi connectivity index (χ2n) is 7.42. The van der Waals surface area contributed by atoms with E-state index in [1.54, 1.807) is 7.05 Å². The highest BCUT2D eigenvalue weighted by Crippen LogP contribution is 2.37. The first-order valence-corrected chi connectivity index (χ1v) is 10.2. The number of benzene rings is 1. The molecule has 0 atom stereocenters. The number of carbonyl (C=O) groups excluding carboxylic acids is 1. The first kappa shape index (κ1) is 16.7. The van der Waals surface area contributed by atoms with Gasteiger partial charge in [0.25, 0.3) is 5.91 Å². The van der Waals surface area contributed by atoms with E-state index in [1.807, 2.05) is 33.7 Å². The number of aryl methyl sites for hydroxylation is 1. The lowest BCUT2D eigenvalue weighted by Crippen LogP contribution is -2.38. The van der Waals surface area contributed by atoms with Gasteiger partial charge < -0.3 is 4.90 Å². The van der Waals surface area contributed by atoms with E-state index < -0.39 is 0 Å². The number of amides is 1. The van der Waals surface area contributed by atoms with E-state index in [1.165, 1.54) is 16.0 Å². The lowest BCUT2D eigenvalue weighted by Gasteiger charge is -2.31. The minimum atomic E-state index is -0.0134. The van der Waals surface area contributed by atoms with Gasteiger partial charge in [0.05, 0.1) is 10.2 Å². The fourth-order valence-corrected chi connectivity index (χ4v) is 4.83. The molecule has 0 bridgehead atoms. The normalized spacial score (nSPS) is 18.3. The maximum Gasteiger partial charge on any atom is 0.345 e. The van der Waals surface area contributed by atoms with E-state index in [9.17, 15) is 9.59 Å². The van der Waals surface area contributed by atoms with E-state index >= 15 is 0 Å². The fraction of sp³-hybridized carbons (Fsp3) is 0.474. The summed E-state index contributed by atoms with van der Waals surface area (Å²) < 4.78 is 4.37. The van der Waals surface area contributed by atoms with Gasteiger partial charge in [0.15, 0.2) is 5.01 Å². The van der Waals surface area contributed by atoms with Gasteiger partial charge in [-0.3, -0.25) is 9.36 Å². The van der Waals surface area contributed by atoms with Crippen molar-refractivity contribution in [2.75, 3.05) is 13.1 Å². The van der Waals surface area contributed by atoms with Crippen molar-refractivity contribution >= 4 is 27.5 Å². The Morgan fingerprint density at radius 1 is 1.15 bits per heavy atom. The molecule has 3 aromatic rings. The molecule has 27 heavy (non-hydrogen) atoms. The zero-order chi connectivity index (χ0) is 18.5. The standard InChI is InChI=1S/C19H21N5O2S/c1-22-19(26)24(13-6-7-13)16(21-22)12-8-10-23(11-9-12)18(25)17-20-14-4-2-3-5-15(14)27-17/h2-5,12-13H,6-11H2,1H3. The third-order valence-electron chi connectivity index (χ3n) is 5.52. The van der Waals surface area contributed by atoms with E-state index in [0.29, 0.717) is 24.1 Å². The molecule has 0 radical (unpaired) electrons. The first-order valence-electron chi connectivity index (χ1n) is 9.42. The summed E-state index contributed by atoms with van der Waals surface area (Å²) in [5, 5.41) is 5.06. The molecular formula is C19H21N5O2S. The van der Waals surface area contributed by atoms with Crippen LogP contribution in [0, 0.1) is 0 Å². The predicted molar refractivity (Wildman–Crippen MR) is 103 cm³/mol. The van der Waals surface area contributed by atoms with Gasteiger partial charge in [0.2, 0.25) is 0 Å². The Hall–Kier alpha value is -2.48. The SMILES string of the molecule is Cn1nc(C2CCN(C(=O)c3nc4ccccc4s3)CC2)n(C2CC2)c1=O. The summed E-state index contributed by atoms with van der Waals surface area (Å²) in [6, 6.07) is 8.16. The molecule has 1 saturated heterocycles. The highest BCUT2D eigenvalue weighted by Gasteiger charge is 2.34. The van der Waals surface area contributed by atoms with Gasteiger partial charge in [-0.1, -0.05) is 12.1 Å². The zero-order valence-electron chi connectivity index (χ0n) is 15.2. The summed E-state index contributed by atoms with van der Waals surface area (Å²) in [6.45, 7) is 1.35. The van der Waals surface area contributed by atoms with Gasteiger partial charge >= 0.3 is 5.69 Å². The number of aromatic nitrogens is 4. The number of piperidine rings is 1. The molecule has 2 aliphatic rings. The van der Waals surface area contributed by atoms with Gasteiger partial charge in [-0.15, -0.1) is 11.3 Å². The summed E-state index contributed by atoms with van der Waals surface area (Å²) in [6.07, 6.45) is 3.79. The van der Waals surface area contributed by atoms with Crippen LogP contribution >= 0.6 is 11.3 Å². The minimum absolute atomic E-state index is 0.00949. The lowest BCUT2D eigenvalue weighted by molar-refractivity contribution is 0.0710. The van der Waals surface area contributed by atoms with Gasteiger partial charge in [0.1, 0.15) is 5.82 Å². The lowest BCUT2D eigenvalue weighted by atomic mass is 9.96. The second kappa shape index (κ2) is 6.30. The molecule has 1 aliphatic heterocycles. The molecule has 1 amide bonds. The fourth-order valence-electron chi connectivity index (χ4n) is 3.89. The largest absolute Gasteiger partial charge is 0.345 e. The van der Waals surface area contributed by atoms with E-state index in [2.05, 4.69) is 10.1 Å². The number of para-hydroxylation sites is 1. The molecule has 8 heteroatoms. The van der Waals surface area contributed by atoms with Crippen LogP contribution in [0.1, 0.15) is 53.3 Å². The molecule has 2 aromatic heterocycles. The summed E-state index contributed by atoms with van der Waals surface area (Å²) in [7, 11) is 1.72. The van der Waals surface area contributed by atoms with Crippen molar-refractivity contribution in [1.82, 2.24) is 24.2 Å². The van der Waals surface area contributed by atoms with Gasteiger partial charge in [-0.05, 0) is 37.8 Å². The Bertz CT molecular complexity index is 1040. The Morgan fingerprint density at radius 2 is 1.89 bits per heavy atom. The molecule has 0 N–H and O–H groups in total. The van der Waals surface area contributed by atoms with Crippen LogP contribution < -0.4 is 5.69 Å². The van der Waals surface area contributed by atoms with E-state index in [4.69, 9.17) is 0 Å². The molecule has 1 saturated carbocycles. The topological polar surface area (TPSA) is 73.0 Å². The van der Waals surface area contributed by atoms with Crippen LogP contribution in [-0.4, -0.2) is 43.2 Å². The van der Waals surface area contributed by atoms with Crippen molar-refractivity contribution in [2.24, 2.45) is 7.05 Å². The number of nitrogens with zero attached hydrogens (tertiary/aromatic N) is 5. The monoisotopic (exact) mass is 383 g/mol.